The summed E-state index contributed by atoms with van der Waals surface area (Å²) in [4.78, 5) is 40.1. The highest BCUT2D eigenvalue weighted by molar-refractivity contribution is 6.30. The van der Waals surface area contributed by atoms with Gasteiger partial charge in [-0.1, -0.05) is 37.6 Å². The van der Waals surface area contributed by atoms with Gasteiger partial charge in [0.1, 0.15) is 12.2 Å². The Kier molecular flexibility index (Phi) is 8.72. The van der Waals surface area contributed by atoms with Crippen molar-refractivity contribution in [3.63, 3.8) is 0 Å². The number of carboxylic acids is 1. The Balaban J connectivity index is 2.26. The van der Waals surface area contributed by atoms with Crippen LogP contribution in [-0.4, -0.2) is 66.9 Å². The van der Waals surface area contributed by atoms with Crippen molar-refractivity contribution in [2.75, 3.05) is 32.3 Å². The molecule has 0 aromatic heterocycles. The molecule has 11 heteroatoms. The molecular weight excluding hydrogens is 516 g/mol. The van der Waals surface area contributed by atoms with E-state index in [0.717, 1.165) is 6.92 Å². The van der Waals surface area contributed by atoms with E-state index in [4.69, 9.17) is 31.5 Å². The first kappa shape index (κ1) is 29.4. The summed E-state index contributed by atoms with van der Waals surface area (Å²) in [5.41, 5.74) is 4.29. The van der Waals surface area contributed by atoms with Crippen LogP contribution in [0, 0.1) is 5.41 Å². The summed E-state index contributed by atoms with van der Waals surface area (Å²) in [7, 11) is 2.95. The van der Waals surface area contributed by atoms with Crippen molar-refractivity contribution < 1.29 is 38.8 Å². The molecule has 0 radical (unpaired) electrons. The second kappa shape index (κ2) is 11.3. The van der Waals surface area contributed by atoms with Gasteiger partial charge in [-0.2, -0.15) is 0 Å². The zero-order chi connectivity index (χ0) is 28.4. The lowest BCUT2D eigenvalue weighted by Gasteiger charge is -2.33. The molecule has 3 rings (SSSR count). The van der Waals surface area contributed by atoms with Gasteiger partial charge in [-0.3, -0.25) is 9.59 Å². The number of aliphatic carboxylic acids is 1. The number of ether oxygens (including phenoxy) is 3. The van der Waals surface area contributed by atoms with E-state index in [-0.39, 0.29) is 13.2 Å². The number of fused-ring (bicyclic) bond motifs is 1. The van der Waals surface area contributed by atoms with Crippen LogP contribution < -0.4 is 20.1 Å². The van der Waals surface area contributed by atoms with Gasteiger partial charge in [-0.05, 0) is 31.2 Å². The van der Waals surface area contributed by atoms with Crippen molar-refractivity contribution >= 4 is 34.9 Å². The molecule has 0 saturated heterocycles. The fourth-order valence-corrected chi connectivity index (χ4v) is 4.39. The molecule has 0 saturated carbocycles. The number of ketones is 1. The van der Waals surface area contributed by atoms with Crippen LogP contribution in [0.3, 0.4) is 0 Å². The van der Waals surface area contributed by atoms with Crippen molar-refractivity contribution in [3.8, 4) is 11.5 Å². The van der Waals surface area contributed by atoms with Gasteiger partial charge in [-0.15, -0.1) is 0 Å². The second-order valence-electron chi connectivity index (χ2n) is 10.2. The zero-order valence-corrected chi connectivity index (χ0v) is 22.7. The van der Waals surface area contributed by atoms with Gasteiger partial charge in [0, 0.05) is 46.8 Å². The quantitative estimate of drug-likeness (QED) is 0.381. The number of para-hydroxylation sites is 1. The maximum absolute atomic E-state index is 14.0. The number of rotatable bonds is 10. The Morgan fingerprint density at radius 1 is 1.13 bits per heavy atom. The predicted octanol–water partition coefficient (Wildman–Crippen LogP) is 2.96. The van der Waals surface area contributed by atoms with Gasteiger partial charge in [0.15, 0.2) is 22.8 Å². The lowest BCUT2D eigenvalue weighted by molar-refractivity contribution is -0.150. The molecule has 1 aliphatic rings. The summed E-state index contributed by atoms with van der Waals surface area (Å²) in [6.07, 6.45) is -2.98. The average molecular weight is 549 g/mol. The fourth-order valence-electron chi connectivity index (χ4n) is 4.21. The van der Waals surface area contributed by atoms with Crippen LogP contribution in [0.2, 0.25) is 5.02 Å². The molecule has 0 fully saturated rings. The summed E-state index contributed by atoms with van der Waals surface area (Å²) >= 11 is 6.38. The van der Waals surface area contributed by atoms with Crippen LogP contribution in [-0.2, 0) is 19.1 Å². The number of carbonyl (C=O) groups is 3. The monoisotopic (exact) mass is 548 g/mol. The van der Waals surface area contributed by atoms with Crippen LogP contribution in [0.15, 0.2) is 36.4 Å². The largest absolute Gasteiger partial charge is 0.493 e. The highest BCUT2D eigenvalue weighted by atomic mass is 35.5. The standard InChI is InChI=1S/C27H33ClN2O8/c1-26(2,14-31)13-30-18-10-9-15(28)11-17(18)22(16-7-6-8-19(36-4)23(16)37-5)38-20(24(30)33)12-21(32)27(3,29)25(34)35/h6-11,20,22,31H,12-14,29H2,1-5H3,(H,34,35)/t20-,22-,27-/m1/s1. The third-order valence-electron chi connectivity index (χ3n) is 6.53. The van der Waals surface area contributed by atoms with E-state index in [1.807, 2.05) is 0 Å². The molecule has 1 heterocycles. The minimum absolute atomic E-state index is 0.0752. The molecule has 0 spiro atoms. The molecule has 3 atom stereocenters. The molecule has 1 aliphatic heterocycles. The Labute approximate surface area is 226 Å². The number of amides is 1. The molecule has 0 unspecified atom stereocenters. The molecule has 0 bridgehead atoms. The number of benzene rings is 2. The number of carbonyl (C=O) groups excluding carboxylic acids is 2. The third-order valence-corrected chi connectivity index (χ3v) is 6.76. The van der Waals surface area contributed by atoms with E-state index in [1.54, 1.807) is 50.2 Å². The Hall–Kier alpha value is -3.18. The molecule has 2 aromatic rings. The molecular formula is C27H33ClN2O8. The first-order chi connectivity index (χ1) is 17.8. The van der Waals surface area contributed by atoms with E-state index in [2.05, 4.69) is 0 Å². The number of hydrogen-bond donors (Lipinski definition) is 3. The van der Waals surface area contributed by atoms with Gasteiger partial charge >= 0.3 is 5.97 Å². The van der Waals surface area contributed by atoms with Gasteiger partial charge in [0.05, 0.1) is 14.2 Å². The second-order valence-corrected chi connectivity index (χ2v) is 10.6. The number of aliphatic hydroxyl groups excluding tert-OH is 1. The molecule has 38 heavy (non-hydrogen) atoms. The number of carboxylic acid groups (broad SMARTS) is 1. The zero-order valence-electron chi connectivity index (χ0n) is 22.0. The molecule has 1 amide bonds. The Morgan fingerprint density at radius 3 is 2.39 bits per heavy atom. The summed E-state index contributed by atoms with van der Waals surface area (Å²) in [6.45, 7) is 4.49. The smallest absolute Gasteiger partial charge is 0.331 e. The number of halogens is 1. The summed E-state index contributed by atoms with van der Waals surface area (Å²) in [6, 6.07) is 10.1. The van der Waals surface area contributed by atoms with Crippen molar-refractivity contribution in [2.45, 2.75) is 44.9 Å². The van der Waals surface area contributed by atoms with Gasteiger partial charge < -0.3 is 35.1 Å². The molecule has 0 aliphatic carbocycles. The Morgan fingerprint density at radius 2 is 1.82 bits per heavy atom. The van der Waals surface area contributed by atoms with Crippen molar-refractivity contribution in [2.24, 2.45) is 11.1 Å². The van der Waals surface area contributed by atoms with Crippen LogP contribution in [0.1, 0.15) is 44.4 Å². The maximum atomic E-state index is 14.0. The number of nitrogens with zero attached hydrogens (tertiary/aromatic N) is 1. The maximum Gasteiger partial charge on any atom is 0.331 e. The van der Waals surface area contributed by atoms with E-state index in [0.29, 0.717) is 33.3 Å². The van der Waals surface area contributed by atoms with Crippen LogP contribution >= 0.6 is 11.6 Å². The first-order valence-electron chi connectivity index (χ1n) is 11.9. The van der Waals surface area contributed by atoms with E-state index < -0.39 is 47.2 Å². The number of Topliss-reactive ketones (excluding diaryl/α,β-unsaturated/α-hetero) is 1. The van der Waals surface area contributed by atoms with Gasteiger partial charge in [0.25, 0.3) is 5.91 Å². The normalized spacial score (nSPS) is 19.3. The highest BCUT2D eigenvalue weighted by Crippen LogP contribution is 2.45. The molecule has 206 valence electrons. The minimum atomic E-state index is -2.23. The highest BCUT2D eigenvalue weighted by Gasteiger charge is 2.44. The number of anilines is 1. The topological polar surface area (TPSA) is 149 Å². The van der Waals surface area contributed by atoms with E-state index in [9.17, 15) is 24.6 Å². The Bertz CT molecular complexity index is 1230. The average Bonchev–Trinajstić information content (AvgIpc) is 2.98. The number of methoxy groups -OCH3 is 2. The fraction of sp³-hybridized carbons (Fsp3) is 0.444. The van der Waals surface area contributed by atoms with E-state index >= 15 is 0 Å². The SMILES string of the molecule is COc1cccc([C@H]2O[C@H](CC(=O)[C@@](C)(N)C(=O)O)C(=O)N(CC(C)(C)CO)c3ccc(Cl)cc32)c1OC. The molecule has 4 N–H and O–H groups in total. The number of hydrogen-bond acceptors (Lipinski definition) is 8. The lowest BCUT2D eigenvalue weighted by atomic mass is 9.91. The van der Waals surface area contributed by atoms with Crippen molar-refractivity contribution in [3.05, 3.63) is 52.5 Å². The van der Waals surface area contributed by atoms with Crippen molar-refractivity contribution in [1.29, 1.82) is 0 Å². The van der Waals surface area contributed by atoms with Gasteiger partial charge in [0.2, 0.25) is 0 Å². The van der Waals surface area contributed by atoms with Crippen molar-refractivity contribution in [1.82, 2.24) is 0 Å². The minimum Gasteiger partial charge on any atom is -0.493 e. The van der Waals surface area contributed by atoms with E-state index in [1.165, 1.54) is 19.1 Å². The molecule has 10 nitrogen and oxygen atoms in total. The van der Waals surface area contributed by atoms with Crippen LogP contribution in [0.25, 0.3) is 0 Å². The summed E-state index contributed by atoms with van der Waals surface area (Å²) in [5.74, 6) is -2.23. The van der Waals surface area contributed by atoms with Crippen LogP contribution in [0.5, 0.6) is 11.5 Å². The lowest BCUT2D eigenvalue weighted by Crippen LogP contribution is -2.54. The summed E-state index contributed by atoms with van der Waals surface area (Å²) in [5, 5.41) is 19.8. The van der Waals surface area contributed by atoms with Gasteiger partial charge in [-0.25, -0.2) is 4.79 Å². The predicted molar refractivity (Wildman–Crippen MR) is 141 cm³/mol. The first-order valence-corrected chi connectivity index (χ1v) is 12.3. The number of nitrogens with two attached hydrogens (primary N) is 1. The summed E-state index contributed by atoms with van der Waals surface area (Å²) < 4.78 is 17.4. The third kappa shape index (κ3) is 5.78. The number of aliphatic hydroxyl groups is 1. The van der Waals surface area contributed by atoms with Crippen LogP contribution in [0.4, 0.5) is 5.69 Å². The molecule has 2 aromatic carbocycles.